The third-order valence-corrected chi connectivity index (χ3v) is 3.21. The molecule has 0 saturated carbocycles. The maximum Gasteiger partial charge on any atom is 0.387 e. The van der Waals surface area contributed by atoms with Crippen molar-refractivity contribution < 1.29 is 18.3 Å². The Kier molecular flexibility index (Phi) is 6.57. The molecule has 1 heterocycles. The molecule has 0 atom stereocenters. The minimum atomic E-state index is -3.01. The lowest BCUT2D eigenvalue weighted by Gasteiger charge is -2.17. The van der Waals surface area contributed by atoms with Crippen LogP contribution in [0.25, 0.3) is 0 Å². The summed E-state index contributed by atoms with van der Waals surface area (Å²) in [7, 11) is 0. The smallest absolute Gasteiger partial charge is 0.387 e. The summed E-state index contributed by atoms with van der Waals surface area (Å²) in [5.41, 5.74) is 6.35. The van der Waals surface area contributed by atoms with Gasteiger partial charge in [0.15, 0.2) is 0 Å². The minimum absolute atomic E-state index is 0.0256. The van der Waals surface area contributed by atoms with Crippen molar-refractivity contribution in [3.05, 3.63) is 52.5 Å². The second-order valence-electron chi connectivity index (χ2n) is 4.58. The number of hydrogen-bond acceptors (Lipinski definition) is 7. The van der Waals surface area contributed by atoms with Gasteiger partial charge in [0.25, 0.3) is 0 Å². The first-order chi connectivity index (χ1) is 11.8. The van der Waals surface area contributed by atoms with Crippen LogP contribution in [0.15, 0.2) is 42.5 Å². The molecule has 0 bridgehead atoms. The van der Waals surface area contributed by atoms with E-state index in [-0.39, 0.29) is 29.1 Å². The second-order valence-corrected chi connectivity index (χ2v) is 5.42. The Bertz CT molecular complexity index is 747. The van der Waals surface area contributed by atoms with Gasteiger partial charge in [0.1, 0.15) is 12.4 Å². The topological polar surface area (TPSA) is 99.5 Å². The Morgan fingerprint density at radius 3 is 2.60 bits per heavy atom. The average Bonchev–Trinajstić information content (AvgIpc) is 2.56. The highest BCUT2D eigenvalue weighted by Gasteiger charge is 2.11. The molecule has 2 aromatic rings. The van der Waals surface area contributed by atoms with Gasteiger partial charge in [-0.05, 0) is 12.1 Å². The summed E-state index contributed by atoms with van der Waals surface area (Å²) in [5.74, 6) is 5.61. The number of hydrazine groups is 1. The Balaban J connectivity index is 2.02. The van der Waals surface area contributed by atoms with Crippen LogP contribution in [0.4, 0.5) is 14.5 Å². The van der Waals surface area contributed by atoms with Crippen molar-refractivity contribution in [2.24, 2.45) is 11.6 Å². The number of halogens is 4. The van der Waals surface area contributed by atoms with Crippen molar-refractivity contribution >= 4 is 28.9 Å². The van der Waals surface area contributed by atoms with Crippen molar-refractivity contribution in [3.63, 3.8) is 0 Å². The molecule has 0 aliphatic heterocycles. The first kappa shape index (κ1) is 19.0. The van der Waals surface area contributed by atoms with Crippen LogP contribution in [0, 0.1) is 0 Å². The lowest BCUT2D eigenvalue weighted by molar-refractivity contribution is -0.0497. The number of anilines is 1. The SMILES string of the molecule is N/C(=C\N(N)c1ccc(Cl)c(OC(F)F)c1)COc1ncc(Cl)cn1. The van der Waals surface area contributed by atoms with Gasteiger partial charge >= 0.3 is 12.6 Å². The van der Waals surface area contributed by atoms with Gasteiger partial charge in [-0.15, -0.1) is 0 Å². The predicted molar refractivity (Wildman–Crippen MR) is 89.6 cm³/mol. The van der Waals surface area contributed by atoms with Crippen LogP contribution in [0.3, 0.4) is 0 Å². The number of rotatable bonds is 7. The van der Waals surface area contributed by atoms with Crippen LogP contribution < -0.4 is 26.1 Å². The molecule has 11 heteroatoms. The molecular formula is C14H13Cl2F2N5O2. The standard InChI is InChI=1S/C14H13Cl2F2N5O2/c15-8-4-21-14(22-5-8)24-7-9(19)6-23(20)10-1-2-11(16)12(3-10)25-13(17)18/h1-6,13H,7,19-20H2/b9-6-. The molecule has 0 radical (unpaired) electrons. The van der Waals surface area contributed by atoms with E-state index >= 15 is 0 Å². The van der Waals surface area contributed by atoms with Gasteiger partial charge in [0, 0.05) is 12.3 Å². The second kappa shape index (κ2) is 8.65. The lowest BCUT2D eigenvalue weighted by Crippen LogP contribution is -2.27. The van der Waals surface area contributed by atoms with E-state index in [1.165, 1.54) is 36.8 Å². The molecular weight excluding hydrogens is 379 g/mol. The largest absolute Gasteiger partial charge is 0.457 e. The Morgan fingerprint density at radius 2 is 1.96 bits per heavy atom. The fourth-order valence-corrected chi connectivity index (χ4v) is 1.91. The summed E-state index contributed by atoms with van der Waals surface area (Å²) in [5, 5.41) is 1.50. The molecule has 134 valence electrons. The lowest BCUT2D eigenvalue weighted by atomic mass is 10.3. The molecule has 0 amide bonds. The number of aromatic nitrogens is 2. The Hall–Kier alpha value is -2.36. The third kappa shape index (κ3) is 5.89. The van der Waals surface area contributed by atoms with Gasteiger partial charge in [0.2, 0.25) is 0 Å². The molecule has 4 N–H and O–H groups in total. The number of hydrogen-bond donors (Lipinski definition) is 2. The summed E-state index contributed by atoms with van der Waals surface area (Å²) in [6.45, 7) is -3.06. The molecule has 0 aliphatic carbocycles. The van der Waals surface area contributed by atoms with Gasteiger partial charge in [-0.2, -0.15) is 8.78 Å². The summed E-state index contributed by atoms with van der Waals surface area (Å²) < 4.78 is 34.2. The molecule has 0 unspecified atom stereocenters. The fourth-order valence-electron chi connectivity index (χ4n) is 1.65. The van der Waals surface area contributed by atoms with Crippen molar-refractivity contribution in [1.29, 1.82) is 0 Å². The van der Waals surface area contributed by atoms with E-state index in [2.05, 4.69) is 14.7 Å². The average molecular weight is 392 g/mol. The monoisotopic (exact) mass is 391 g/mol. The first-order valence-electron chi connectivity index (χ1n) is 6.70. The number of nitrogens with zero attached hydrogens (tertiary/aromatic N) is 3. The number of alkyl halides is 2. The van der Waals surface area contributed by atoms with Crippen LogP contribution in [-0.4, -0.2) is 23.2 Å². The fraction of sp³-hybridized carbons (Fsp3) is 0.143. The highest BCUT2D eigenvalue weighted by molar-refractivity contribution is 6.32. The van der Waals surface area contributed by atoms with Crippen molar-refractivity contribution in [2.45, 2.75) is 6.61 Å². The van der Waals surface area contributed by atoms with Crippen molar-refractivity contribution in [2.75, 3.05) is 11.6 Å². The van der Waals surface area contributed by atoms with Gasteiger partial charge in [0.05, 0.1) is 33.8 Å². The van der Waals surface area contributed by atoms with Crippen LogP contribution in [0.1, 0.15) is 0 Å². The van der Waals surface area contributed by atoms with Gasteiger partial charge < -0.3 is 15.2 Å². The van der Waals surface area contributed by atoms with Crippen molar-refractivity contribution in [3.8, 4) is 11.8 Å². The van der Waals surface area contributed by atoms with Crippen LogP contribution >= 0.6 is 23.2 Å². The highest BCUT2D eigenvalue weighted by Crippen LogP contribution is 2.30. The zero-order valence-electron chi connectivity index (χ0n) is 12.6. The summed E-state index contributed by atoms with van der Waals surface area (Å²) in [6.07, 6.45) is 4.08. The zero-order chi connectivity index (χ0) is 18.4. The van der Waals surface area contributed by atoms with E-state index in [0.717, 1.165) is 5.01 Å². The first-order valence-corrected chi connectivity index (χ1v) is 7.45. The maximum absolute atomic E-state index is 12.3. The van der Waals surface area contributed by atoms with Gasteiger partial charge in [-0.1, -0.05) is 23.2 Å². The molecule has 0 aliphatic rings. The van der Waals surface area contributed by atoms with E-state index < -0.39 is 6.61 Å². The zero-order valence-corrected chi connectivity index (χ0v) is 14.1. The number of nitrogens with two attached hydrogens (primary N) is 2. The van der Waals surface area contributed by atoms with E-state index in [1.807, 2.05) is 0 Å². The molecule has 25 heavy (non-hydrogen) atoms. The van der Waals surface area contributed by atoms with Crippen LogP contribution in [-0.2, 0) is 0 Å². The molecule has 0 saturated heterocycles. The van der Waals surface area contributed by atoms with Gasteiger partial charge in [-0.25, -0.2) is 15.8 Å². The van der Waals surface area contributed by atoms with E-state index in [4.69, 9.17) is 39.5 Å². The summed E-state index contributed by atoms with van der Waals surface area (Å²) in [4.78, 5) is 7.68. The number of benzene rings is 1. The van der Waals surface area contributed by atoms with E-state index in [9.17, 15) is 8.78 Å². The minimum Gasteiger partial charge on any atom is -0.457 e. The molecule has 0 fully saturated rings. The normalized spacial score (nSPS) is 11.5. The van der Waals surface area contributed by atoms with Crippen molar-refractivity contribution in [1.82, 2.24) is 9.97 Å². The molecule has 7 nitrogen and oxygen atoms in total. The van der Waals surface area contributed by atoms with Crippen LogP contribution in [0.2, 0.25) is 10.0 Å². The predicted octanol–water partition coefficient (Wildman–Crippen LogP) is 2.94. The molecule has 2 rings (SSSR count). The third-order valence-electron chi connectivity index (χ3n) is 2.70. The quantitative estimate of drug-likeness (QED) is 0.552. The highest BCUT2D eigenvalue weighted by atomic mass is 35.5. The molecule has 1 aromatic heterocycles. The Labute approximate surface area is 151 Å². The molecule has 0 spiro atoms. The van der Waals surface area contributed by atoms with Crippen LogP contribution in [0.5, 0.6) is 11.8 Å². The number of ether oxygens (including phenoxy) is 2. The summed E-state index contributed by atoms with van der Waals surface area (Å²) in [6, 6.07) is 4.22. The Morgan fingerprint density at radius 1 is 1.28 bits per heavy atom. The summed E-state index contributed by atoms with van der Waals surface area (Å²) >= 11 is 11.4. The molecule has 1 aromatic carbocycles. The van der Waals surface area contributed by atoms with E-state index in [0.29, 0.717) is 10.7 Å². The van der Waals surface area contributed by atoms with E-state index in [1.54, 1.807) is 0 Å². The van der Waals surface area contributed by atoms with Gasteiger partial charge in [-0.3, -0.25) is 5.01 Å². The maximum atomic E-state index is 12.3.